The number of ether oxygens (including phenoxy) is 1. The van der Waals surface area contributed by atoms with E-state index in [1.54, 1.807) is 31.2 Å². The van der Waals surface area contributed by atoms with Crippen LogP contribution in [0.3, 0.4) is 0 Å². The molecule has 2 aliphatic heterocycles. The van der Waals surface area contributed by atoms with Crippen molar-refractivity contribution in [2.45, 2.75) is 26.4 Å². The van der Waals surface area contributed by atoms with Crippen LogP contribution < -0.4 is 4.90 Å². The minimum Gasteiger partial charge on any atom is -0.462 e. The van der Waals surface area contributed by atoms with Gasteiger partial charge in [0.05, 0.1) is 35.4 Å². The van der Waals surface area contributed by atoms with E-state index in [1.165, 1.54) is 10.5 Å². The second kappa shape index (κ2) is 7.27. The van der Waals surface area contributed by atoms with Gasteiger partial charge in [0.1, 0.15) is 6.10 Å². The number of benzene rings is 2. The molecular formula is C26H24N2O5. The fraction of sp³-hybridized carbons (Fsp3) is 0.385. The lowest BCUT2D eigenvalue weighted by atomic mass is 9.71. The molecule has 2 aromatic rings. The summed E-state index contributed by atoms with van der Waals surface area (Å²) in [6.07, 6.45) is 0.651. The zero-order valence-electron chi connectivity index (χ0n) is 18.4. The van der Waals surface area contributed by atoms with Crippen LogP contribution in [0, 0.1) is 36.5 Å². The summed E-state index contributed by atoms with van der Waals surface area (Å²) < 4.78 is 5.02. The van der Waals surface area contributed by atoms with E-state index in [0.717, 1.165) is 17.7 Å². The number of imide groups is 1. The first kappa shape index (κ1) is 20.1. The Balaban J connectivity index is 1.28. The summed E-state index contributed by atoms with van der Waals surface area (Å²) >= 11 is 0. The molecule has 2 bridgehead atoms. The molecule has 2 saturated carbocycles. The third kappa shape index (κ3) is 2.81. The van der Waals surface area contributed by atoms with Crippen LogP contribution in [0.1, 0.15) is 34.8 Å². The molecule has 7 heteroatoms. The van der Waals surface area contributed by atoms with Crippen molar-refractivity contribution in [2.75, 3.05) is 11.5 Å². The van der Waals surface area contributed by atoms with Gasteiger partial charge in [0.2, 0.25) is 11.8 Å². The van der Waals surface area contributed by atoms with Crippen molar-refractivity contribution in [2.24, 2.45) is 34.7 Å². The highest BCUT2D eigenvalue weighted by Gasteiger charge is 2.70. The van der Waals surface area contributed by atoms with Gasteiger partial charge >= 0.3 is 5.97 Å². The van der Waals surface area contributed by atoms with Gasteiger partial charge in [-0.05, 0) is 56.0 Å². The van der Waals surface area contributed by atoms with Crippen molar-refractivity contribution < 1.29 is 24.0 Å². The number of nitrogens with zero attached hydrogens (tertiary/aromatic N) is 2. The molecule has 3 fully saturated rings. The van der Waals surface area contributed by atoms with Gasteiger partial charge < -0.3 is 9.57 Å². The van der Waals surface area contributed by atoms with Gasteiger partial charge in [-0.2, -0.15) is 0 Å². The number of hydrogen-bond donors (Lipinski definition) is 0. The maximum absolute atomic E-state index is 13.5. The molecule has 0 N–H and O–H groups in total. The number of carbonyl (C=O) groups is 3. The number of fused-ring (bicyclic) bond motifs is 8. The monoisotopic (exact) mass is 444 g/mol. The van der Waals surface area contributed by atoms with E-state index in [9.17, 15) is 14.4 Å². The molecule has 168 valence electrons. The fourth-order valence-electron chi connectivity index (χ4n) is 6.30. The normalized spacial score (nSPS) is 31.3. The van der Waals surface area contributed by atoms with E-state index >= 15 is 0 Å². The molecule has 6 atom stereocenters. The highest BCUT2D eigenvalue weighted by Crippen LogP contribution is 2.62. The average molecular weight is 444 g/mol. The minimum atomic E-state index is -0.425. The van der Waals surface area contributed by atoms with Gasteiger partial charge in [0.15, 0.2) is 0 Å². The SMILES string of the molecule is CCOC(=O)c1ccc(N2C(=O)[C@@H]3[C@H]4C[C@@H]([C@@H]5C(c6ccc(C)cc6)=NO[C@@H]45)[C@@H]3C2=O)cc1. The van der Waals surface area contributed by atoms with Gasteiger partial charge in [-0.3, -0.25) is 14.5 Å². The highest BCUT2D eigenvalue weighted by molar-refractivity contribution is 6.23. The Bertz CT molecular complexity index is 1190. The lowest BCUT2D eigenvalue weighted by molar-refractivity contribution is -0.125. The predicted molar refractivity (Wildman–Crippen MR) is 120 cm³/mol. The molecule has 4 aliphatic rings. The minimum absolute atomic E-state index is 0.0167. The van der Waals surface area contributed by atoms with E-state index in [0.29, 0.717) is 11.3 Å². The fourth-order valence-corrected chi connectivity index (χ4v) is 6.30. The molecule has 33 heavy (non-hydrogen) atoms. The van der Waals surface area contributed by atoms with Gasteiger partial charge in [0, 0.05) is 11.8 Å². The second-order valence-corrected chi connectivity index (χ2v) is 9.33. The first-order valence-corrected chi connectivity index (χ1v) is 11.5. The summed E-state index contributed by atoms with van der Waals surface area (Å²) in [5.74, 6) is -1.44. The molecule has 2 aromatic carbocycles. The van der Waals surface area contributed by atoms with Crippen LogP contribution in [0.15, 0.2) is 53.7 Å². The van der Waals surface area contributed by atoms with E-state index in [-0.39, 0.29) is 54.1 Å². The van der Waals surface area contributed by atoms with E-state index in [4.69, 9.17) is 9.57 Å². The Labute approximate surface area is 191 Å². The summed E-state index contributed by atoms with van der Waals surface area (Å²) in [5, 5.41) is 4.39. The number of aryl methyl sites for hydroxylation is 1. The van der Waals surface area contributed by atoms with Crippen molar-refractivity contribution >= 4 is 29.2 Å². The van der Waals surface area contributed by atoms with Crippen molar-refractivity contribution in [1.82, 2.24) is 0 Å². The first-order chi connectivity index (χ1) is 16.0. The molecule has 2 amide bonds. The lowest BCUT2D eigenvalue weighted by Crippen LogP contribution is -2.41. The summed E-state index contributed by atoms with van der Waals surface area (Å²) in [7, 11) is 0. The van der Waals surface area contributed by atoms with Crippen LogP contribution >= 0.6 is 0 Å². The van der Waals surface area contributed by atoms with E-state index < -0.39 is 5.97 Å². The Morgan fingerprint density at radius 2 is 1.67 bits per heavy atom. The number of esters is 1. The number of anilines is 1. The van der Waals surface area contributed by atoms with Gasteiger partial charge in [-0.25, -0.2) is 4.79 Å². The molecular weight excluding hydrogens is 420 g/mol. The van der Waals surface area contributed by atoms with Crippen molar-refractivity contribution in [3.63, 3.8) is 0 Å². The molecule has 0 unspecified atom stereocenters. The zero-order chi connectivity index (χ0) is 22.9. The Hall–Kier alpha value is -3.48. The summed E-state index contributed by atoms with van der Waals surface area (Å²) in [4.78, 5) is 46.0. The van der Waals surface area contributed by atoms with E-state index in [2.05, 4.69) is 5.16 Å². The number of oxime groups is 1. The number of carbonyl (C=O) groups excluding carboxylic acids is 3. The van der Waals surface area contributed by atoms with Gasteiger partial charge in [-0.15, -0.1) is 0 Å². The van der Waals surface area contributed by atoms with Crippen molar-refractivity contribution in [1.29, 1.82) is 0 Å². The molecule has 7 nitrogen and oxygen atoms in total. The topological polar surface area (TPSA) is 85.3 Å². The van der Waals surface area contributed by atoms with Crippen LogP contribution in [0.2, 0.25) is 0 Å². The smallest absolute Gasteiger partial charge is 0.338 e. The van der Waals surface area contributed by atoms with E-state index in [1.807, 2.05) is 31.2 Å². The maximum Gasteiger partial charge on any atom is 0.338 e. The number of amides is 2. The third-order valence-electron chi connectivity index (χ3n) is 7.67. The molecule has 0 aromatic heterocycles. The van der Waals surface area contributed by atoms with Crippen molar-refractivity contribution in [3.05, 3.63) is 65.2 Å². The van der Waals surface area contributed by atoms with Crippen LogP contribution in [-0.2, 0) is 19.2 Å². The van der Waals surface area contributed by atoms with Gasteiger partial charge in [0.25, 0.3) is 0 Å². The predicted octanol–water partition coefficient (Wildman–Crippen LogP) is 3.35. The van der Waals surface area contributed by atoms with Crippen LogP contribution in [0.4, 0.5) is 5.69 Å². The third-order valence-corrected chi connectivity index (χ3v) is 7.67. The molecule has 2 aliphatic carbocycles. The largest absolute Gasteiger partial charge is 0.462 e. The molecule has 0 radical (unpaired) electrons. The molecule has 0 spiro atoms. The average Bonchev–Trinajstić information content (AvgIpc) is 3.55. The quantitative estimate of drug-likeness (QED) is 0.533. The zero-order valence-corrected chi connectivity index (χ0v) is 18.4. The standard InChI is InChI=1S/C26H24N2O5/c1-3-32-26(31)15-8-10-16(11-9-15)28-24(29)19-17-12-18(20(19)25(28)30)23-21(17)22(27-33-23)14-6-4-13(2)5-7-14/h4-11,17-21,23H,3,12H2,1-2H3/t17-,18-,19+,20-,21-,23+/m1/s1. The second-order valence-electron chi connectivity index (χ2n) is 9.33. The Kier molecular flexibility index (Phi) is 4.44. The maximum atomic E-state index is 13.5. The summed E-state index contributed by atoms with van der Waals surface area (Å²) in [6.45, 7) is 4.07. The van der Waals surface area contributed by atoms with Crippen LogP contribution in [-0.4, -0.2) is 36.2 Å². The van der Waals surface area contributed by atoms with Crippen LogP contribution in [0.25, 0.3) is 0 Å². The lowest BCUT2D eigenvalue weighted by Gasteiger charge is -2.29. The van der Waals surface area contributed by atoms with Crippen LogP contribution in [0.5, 0.6) is 0 Å². The first-order valence-electron chi connectivity index (χ1n) is 11.5. The number of hydrogen-bond acceptors (Lipinski definition) is 6. The number of rotatable bonds is 4. The molecule has 1 saturated heterocycles. The molecule has 2 heterocycles. The van der Waals surface area contributed by atoms with Crippen molar-refractivity contribution in [3.8, 4) is 0 Å². The van der Waals surface area contributed by atoms with Gasteiger partial charge in [-0.1, -0.05) is 35.0 Å². The Morgan fingerprint density at radius 1 is 1.00 bits per heavy atom. The summed E-state index contributed by atoms with van der Waals surface area (Å²) in [5.41, 5.74) is 3.96. The summed E-state index contributed by atoms with van der Waals surface area (Å²) in [6, 6.07) is 14.7. The highest BCUT2D eigenvalue weighted by atomic mass is 16.6. The Morgan fingerprint density at radius 3 is 2.33 bits per heavy atom. The molecule has 6 rings (SSSR count).